The minimum absolute atomic E-state index is 0.0119. The molecular formula is C16H15ClN2O. The van der Waals surface area contributed by atoms with Gasteiger partial charge in [-0.15, -0.1) is 0 Å². The minimum Gasteiger partial charge on any atom is -0.383 e. The molecule has 102 valence electrons. The van der Waals surface area contributed by atoms with E-state index in [9.17, 15) is 4.79 Å². The topological polar surface area (TPSA) is 32.3 Å². The zero-order valence-corrected chi connectivity index (χ0v) is 11.7. The molecule has 0 radical (unpaired) electrons. The number of amides is 1. The molecule has 0 bridgehead atoms. The maximum Gasteiger partial charge on any atom is 0.258 e. The van der Waals surface area contributed by atoms with Gasteiger partial charge < -0.3 is 10.2 Å². The monoisotopic (exact) mass is 286 g/mol. The number of benzene rings is 2. The van der Waals surface area contributed by atoms with E-state index in [0.29, 0.717) is 17.1 Å². The number of anilines is 2. The average Bonchev–Trinajstić information content (AvgIpc) is 2.69. The number of carbonyl (C=O) groups is 1. The number of nitrogens with one attached hydrogen (secondary N) is 1. The summed E-state index contributed by atoms with van der Waals surface area (Å²) >= 11 is 5.87. The maximum atomic E-state index is 12.7. The molecule has 3 nitrogen and oxygen atoms in total. The molecule has 0 unspecified atom stereocenters. The van der Waals surface area contributed by atoms with Gasteiger partial charge in [0, 0.05) is 23.7 Å². The van der Waals surface area contributed by atoms with Crippen LogP contribution < -0.4 is 10.2 Å². The number of fused-ring (bicyclic) bond motifs is 1. The normalized spacial score (nSPS) is 14.2. The highest BCUT2D eigenvalue weighted by Gasteiger charge is 2.21. The fourth-order valence-electron chi connectivity index (χ4n) is 2.40. The molecule has 3 rings (SSSR count). The largest absolute Gasteiger partial charge is 0.383 e. The molecule has 2 aromatic rings. The standard InChI is InChI=1S/C16H15ClN2O/c17-13-8-6-12(7-9-13)16(20)19-11-3-10-18-14-4-1-2-5-15(14)19/h1-2,4-9,18H,3,10-11H2. The van der Waals surface area contributed by atoms with Gasteiger partial charge in [-0.05, 0) is 42.8 Å². The van der Waals surface area contributed by atoms with Gasteiger partial charge in [0.1, 0.15) is 0 Å². The van der Waals surface area contributed by atoms with Crippen molar-refractivity contribution in [1.29, 1.82) is 0 Å². The molecule has 20 heavy (non-hydrogen) atoms. The summed E-state index contributed by atoms with van der Waals surface area (Å²) in [5, 5.41) is 3.99. The van der Waals surface area contributed by atoms with Crippen molar-refractivity contribution in [1.82, 2.24) is 0 Å². The van der Waals surface area contributed by atoms with E-state index >= 15 is 0 Å². The molecule has 2 aromatic carbocycles. The molecule has 1 aliphatic rings. The van der Waals surface area contributed by atoms with E-state index in [4.69, 9.17) is 11.6 Å². The number of carbonyl (C=O) groups excluding carboxylic acids is 1. The average molecular weight is 287 g/mol. The summed E-state index contributed by atoms with van der Waals surface area (Å²) in [7, 11) is 0. The van der Waals surface area contributed by atoms with Gasteiger partial charge in [-0.1, -0.05) is 23.7 Å². The van der Waals surface area contributed by atoms with Crippen LogP contribution in [0, 0.1) is 0 Å². The third-order valence-corrected chi connectivity index (χ3v) is 3.66. The van der Waals surface area contributed by atoms with E-state index in [1.807, 2.05) is 29.2 Å². The van der Waals surface area contributed by atoms with Crippen LogP contribution in [0.25, 0.3) is 0 Å². The second-order valence-electron chi connectivity index (χ2n) is 4.76. The van der Waals surface area contributed by atoms with Gasteiger partial charge in [-0.3, -0.25) is 4.79 Å². The Morgan fingerprint density at radius 1 is 1.10 bits per heavy atom. The Kier molecular flexibility index (Phi) is 3.61. The summed E-state index contributed by atoms with van der Waals surface area (Å²) in [5.74, 6) is 0.0119. The first-order valence-electron chi connectivity index (χ1n) is 6.66. The Morgan fingerprint density at radius 2 is 1.85 bits per heavy atom. The quantitative estimate of drug-likeness (QED) is 0.865. The Labute approximate surface area is 123 Å². The van der Waals surface area contributed by atoms with Crippen LogP contribution in [-0.2, 0) is 0 Å². The fourth-order valence-corrected chi connectivity index (χ4v) is 2.52. The van der Waals surface area contributed by atoms with E-state index in [-0.39, 0.29) is 5.91 Å². The Balaban J connectivity index is 1.97. The number of rotatable bonds is 1. The van der Waals surface area contributed by atoms with Gasteiger partial charge >= 0.3 is 0 Å². The first-order valence-corrected chi connectivity index (χ1v) is 7.04. The summed E-state index contributed by atoms with van der Waals surface area (Å²) in [6.45, 7) is 1.59. The van der Waals surface area contributed by atoms with Crippen LogP contribution in [0.3, 0.4) is 0 Å². The van der Waals surface area contributed by atoms with Crippen LogP contribution >= 0.6 is 11.6 Å². The fraction of sp³-hybridized carbons (Fsp3) is 0.188. The van der Waals surface area contributed by atoms with Crippen LogP contribution in [0.5, 0.6) is 0 Å². The summed E-state index contributed by atoms with van der Waals surface area (Å²) in [5.41, 5.74) is 2.60. The Bertz CT molecular complexity index is 625. The summed E-state index contributed by atoms with van der Waals surface area (Å²) < 4.78 is 0. The number of hydrogen-bond donors (Lipinski definition) is 1. The molecule has 1 N–H and O–H groups in total. The maximum absolute atomic E-state index is 12.7. The molecule has 0 spiro atoms. The minimum atomic E-state index is 0.0119. The summed E-state index contributed by atoms with van der Waals surface area (Å²) in [6, 6.07) is 14.9. The predicted octanol–water partition coefficient (Wildman–Crippen LogP) is 3.80. The van der Waals surface area contributed by atoms with Crippen molar-refractivity contribution in [3.8, 4) is 0 Å². The highest BCUT2D eigenvalue weighted by Crippen LogP contribution is 2.29. The van der Waals surface area contributed by atoms with E-state index in [1.54, 1.807) is 24.3 Å². The predicted molar refractivity (Wildman–Crippen MR) is 82.7 cm³/mol. The van der Waals surface area contributed by atoms with E-state index < -0.39 is 0 Å². The molecular weight excluding hydrogens is 272 g/mol. The van der Waals surface area contributed by atoms with Crippen LogP contribution in [0.2, 0.25) is 5.02 Å². The Morgan fingerprint density at radius 3 is 2.65 bits per heavy atom. The Hall–Kier alpha value is -2.00. The van der Waals surface area contributed by atoms with Crippen molar-refractivity contribution < 1.29 is 4.79 Å². The SMILES string of the molecule is O=C(c1ccc(Cl)cc1)N1CCCNc2ccccc21. The van der Waals surface area contributed by atoms with Crippen LogP contribution in [0.1, 0.15) is 16.8 Å². The van der Waals surface area contributed by atoms with Gasteiger partial charge in [0.15, 0.2) is 0 Å². The van der Waals surface area contributed by atoms with Crippen LogP contribution in [0.4, 0.5) is 11.4 Å². The lowest BCUT2D eigenvalue weighted by Gasteiger charge is -2.22. The molecule has 0 fully saturated rings. The van der Waals surface area contributed by atoms with Gasteiger partial charge in [0.25, 0.3) is 5.91 Å². The third kappa shape index (κ3) is 2.49. The second-order valence-corrected chi connectivity index (χ2v) is 5.20. The van der Waals surface area contributed by atoms with Gasteiger partial charge in [-0.25, -0.2) is 0 Å². The lowest BCUT2D eigenvalue weighted by molar-refractivity contribution is 0.0987. The van der Waals surface area contributed by atoms with Gasteiger partial charge in [0.2, 0.25) is 0 Å². The van der Waals surface area contributed by atoms with E-state index in [1.165, 1.54) is 0 Å². The van der Waals surface area contributed by atoms with E-state index in [0.717, 1.165) is 24.3 Å². The lowest BCUT2D eigenvalue weighted by Crippen LogP contribution is -2.31. The molecule has 0 aliphatic carbocycles. The number of nitrogens with zero attached hydrogens (tertiary/aromatic N) is 1. The zero-order valence-electron chi connectivity index (χ0n) is 11.0. The highest BCUT2D eigenvalue weighted by molar-refractivity contribution is 6.30. The van der Waals surface area contributed by atoms with Crippen LogP contribution in [0.15, 0.2) is 48.5 Å². The molecule has 1 amide bonds. The molecule has 0 aromatic heterocycles. The third-order valence-electron chi connectivity index (χ3n) is 3.41. The molecule has 1 aliphatic heterocycles. The number of halogens is 1. The molecule has 4 heteroatoms. The van der Waals surface area contributed by atoms with Crippen LogP contribution in [-0.4, -0.2) is 19.0 Å². The number of para-hydroxylation sites is 2. The van der Waals surface area contributed by atoms with Crippen molar-refractivity contribution in [2.75, 3.05) is 23.3 Å². The highest BCUT2D eigenvalue weighted by atomic mass is 35.5. The van der Waals surface area contributed by atoms with Crippen molar-refractivity contribution in [2.45, 2.75) is 6.42 Å². The van der Waals surface area contributed by atoms with E-state index in [2.05, 4.69) is 5.32 Å². The second kappa shape index (κ2) is 5.55. The summed E-state index contributed by atoms with van der Waals surface area (Å²) in [4.78, 5) is 14.5. The van der Waals surface area contributed by atoms with Crippen molar-refractivity contribution in [3.63, 3.8) is 0 Å². The molecule has 0 atom stereocenters. The van der Waals surface area contributed by atoms with Crippen molar-refractivity contribution in [2.24, 2.45) is 0 Å². The zero-order chi connectivity index (χ0) is 13.9. The van der Waals surface area contributed by atoms with Gasteiger partial charge in [0.05, 0.1) is 11.4 Å². The van der Waals surface area contributed by atoms with Crippen molar-refractivity contribution in [3.05, 3.63) is 59.1 Å². The van der Waals surface area contributed by atoms with Crippen molar-refractivity contribution >= 4 is 28.9 Å². The summed E-state index contributed by atoms with van der Waals surface area (Å²) in [6.07, 6.45) is 0.925. The number of hydrogen-bond acceptors (Lipinski definition) is 2. The molecule has 0 saturated heterocycles. The molecule has 1 heterocycles. The van der Waals surface area contributed by atoms with Gasteiger partial charge in [-0.2, -0.15) is 0 Å². The smallest absolute Gasteiger partial charge is 0.258 e. The lowest BCUT2D eigenvalue weighted by atomic mass is 10.1. The molecule has 0 saturated carbocycles. The first kappa shape index (κ1) is 13.0. The first-order chi connectivity index (χ1) is 9.75.